The van der Waals surface area contributed by atoms with Crippen molar-refractivity contribution in [2.45, 2.75) is 32.9 Å². The minimum Gasteiger partial charge on any atom is -0.375 e. The Morgan fingerprint density at radius 3 is 2.96 bits per heavy atom. The van der Waals surface area contributed by atoms with Crippen molar-refractivity contribution in [1.29, 1.82) is 0 Å². The first-order valence-electron chi connectivity index (χ1n) is 8.04. The molecule has 2 rings (SSSR count). The van der Waals surface area contributed by atoms with Gasteiger partial charge in [-0.1, -0.05) is 23.8 Å². The lowest BCUT2D eigenvalue weighted by atomic mass is 10.1. The predicted octanol–water partition coefficient (Wildman–Crippen LogP) is 2.50. The summed E-state index contributed by atoms with van der Waals surface area (Å²) in [4.78, 5) is 13.8. The SMILES string of the molecule is CC(C)=CC(=O)NCC[C@H]1CN(Cc2ccccc2F)CCO1. The molecule has 0 aliphatic carbocycles. The van der Waals surface area contributed by atoms with Gasteiger partial charge in [0.2, 0.25) is 5.91 Å². The third-order valence-corrected chi connectivity index (χ3v) is 3.76. The Labute approximate surface area is 137 Å². The van der Waals surface area contributed by atoms with Crippen LogP contribution in [0.5, 0.6) is 0 Å². The summed E-state index contributed by atoms with van der Waals surface area (Å²) in [5.74, 6) is -0.228. The number of carbonyl (C=O) groups excluding carboxylic acids is 1. The van der Waals surface area contributed by atoms with E-state index >= 15 is 0 Å². The average Bonchev–Trinajstić information content (AvgIpc) is 2.49. The largest absolute Gasteiger partial charge is 0.375 e. The smallest absolute Gasteiger partial charge is 0.243 e. The quantitative estimate of drug-likeness (QED) is 0.819. The zero-order chi connectivity index (χ0) is 16.7. The maximum Gasteiger partial charge on any atom is 0.243 e. The molecule has 1 aromatic carbocycles. The van der Waals surface area contributed by atoms with Crippen molar-refractivity contribution >= 4 is 5.91 Å². The first-order valence-corrected chi connectivity index (χ1v) is 8.04. The monoisotopic (exact) mass is 320 g/mol. The highest BCUT2D eigenvalue weighted by atomic mass is 19.1. The fourth-order valence-corrected chi connectivity index (χ4v) is 2.64. The number of benzene rings is 1. The molecule has 0 radical (unpaired) electrons. The summed E-state index contributed by atoms with van der Waals surface area (Å²) in [5, 5.41) is 2.86. The summed E-state index contributed by atoms with van der Waals surface area (Å²) in [6.45, 7) is 7.16. The first-order chi connectivity index (χ1) is 11.0. The Morgan fingerprint density at radius 1 is 1.43 bits per heavy atom. The third kappa shape index (κ3) is 6.12. The van der Waals surface area contributed by atoms with E-state index in [9.17, 15) is 9.18 Å². The van der Waals surface area contributed by atoms with Gasteiger partial charge in [-0.3, -0.25) is 9.69 Å². The molecule has 0 saturated carbocycles. The minimum atomic E-state index is -0.162. The highest BCUT2D eigenvalue weighted by Crippen LogP contribution is 2.14. The molecule has 0 unspecified atom stereocenters. The van der Waals surface area contributed by atoms with E-state index < -0.39 is 0 Å². The van der Waals surface area contributed by atoms with Crippen LogP contribution in [0.2, 0.25) is 0 Å². The molecule has 1 aliphatic rings. The van der Waals surface area contributed by atoms with Crippen LogP contribution >= 0.6 is 0 Å². The van der Waals surface area contributed by atoms with E-state index in [1.807, 2.05) is 26.0 Å². The number of nitrogens with one attached hydrogen (secondary N) is 1. The van der Waals surface area contributed by atoms with Gasteiger partial charge in [-0.25, -0.2) is 4.39 Å². The fourth-order valence-electron chi connectivity index (χ4n) is 2.64. The van der Waals surface area contributed by atoms with E-state index in [2.05, 4.69) is 10.2 Å². The maximum atomic E-state index is 13.7. The van der Waals surface area contributed by atoms with Gasteiger partial charge < -0.3 is 10.1 Å². The van der Waals surface area contributed by atoms with Gasteiger partial charge >= 0.3 is 0 Å². The van der Waals surface area contributed by atoms with Crippen LogP contribution in [-0.2, 0) is 16.1 Å². The molecule has 1 aliphatic heterocycles. The second kappa shape index (κ2) is 8.79. The molecule has 1 atom stereocenters. The van der Waals surface area contributed by atoms with Crippen molar-refractivity contribution in [3.63, 3.8) is 0 Å². The molecule has 1 aromatic rings. The number of hydrogen-bond acceptors (Lipinski definition) is 3. The molecule has 1 heterocycles. The van der Waals surface area contributed by atoms with Gasteiger partial charge in [-0.15, -0.1) is 0 Å². The molecule has 0 spiro atoms. The van der Waals surface area contributed by atoms with Crippen molar-refractivity contribution in [3.8, 4) is 0 Å². The van der Waals surface area contributed by atoms with Gasteiger partial charge in [0.15, 0.2) is 0 Å². The third-order valence-electron chi connectivity index (χ3n) is 3.76. The zero-order valence-corrected chi connectivity index (χ0v) is 13.8. The number of hydrogen-bond donors (Lipinski definition) is 1. The Balaban J connectivity index is 1.76. The van der Waals surface area contributed by atoms with E-state index in [0.717, 1.165) is 25.1 Å². The van der Waals surface area contributed by atoms with Crippen molar-refractivity contribution in [1.82, 2.24) is 10.2 Å². The Hall–Kier alpha value is -1.72. The first kappa shape index (κ1) is 17.6. The van der Waals surface area contributed by atoms with E-state index in [1.165, 1.54) is 6.07 Å². The zero-order valence-electron chi connectivity index (χ0n) is 13.8. The number of morpholine rings is 1. The Morgan fingerprint density at radius 2 is 2.22 bits per heavy atom. The van der Waals surface area contributed by atoms with Gasteiger partial charge in [0, 0.05) is 37.8 Å². The van der Waals surface area contributed by atoms with Crippen molar-refractivity contribution in [3.05, 3.63) is 47.3 Å². The Kier molecular flexibility index (Phi) is 6.74. The van der Waals surface area contributed by atoms with Gasteiger partial charge in [0.1, 0.15) is 5.82 Å². The number of halogens is 1. The summed E-state index contributed by atoms with van der Waals surface area (Å²) in [6.07, 6.45) is 2.42. The summed E-state index contributed by atoms with van der Waals surface area (Å²) in [7, 11) is 0. The van der Waals surface area contributed by atoms with Crippen LogP contribution < -0.4 is 5.32 Å². The number of amides is 1. The maximum absolute atomic E-state index is 13.7. The summed E-state index contributed by atoms with van der Waals surface area (Å²) < 4.78 is 19.5. The molecule has 126 valence electrons. The molecule has 1 amide bonds. The predicted molar refractivity (Wildman–Crippen MR) is 88.5 cm³/mol. The standard InChI is InChI=1S/C18H25FN2O2/c1-14(2)11-18(22)20-8-7-16-13-21(9-10-23-16)12-15-5-3-4-6-17(15)19/h3-6,11,16H,7-10,12-13H2,1-2H3,(H,20,22)/t16-/m0/s1. The molecule has 1 N–H and O–H groups in total. The van der Waals surface area contributed by atoms with Crippen molar-refractivity contribution in [2.24, 2.45) is 0 Å². The van der Waals surface area contributed by atoms with E-state index in [0.29, 0.717) is 25.3 Å². The second-order valence-corrected chi connectivity index (χ2v) is 6.12. The number of nitrogens with zero attached hydrogens (tertiary/aromatic N) is 1. The molecule has 1 saturated heterocycles. The van der Waals surface area contributed by atoms with Crippen LogP contribution in [0.1, 0.15) is 25.8 Å². The van der Waals surface area contributed by atoms with Gasteiger partial charge in [0.25, 0.3) is 0 Å². The summed E-state index contributed by atoms with van der Waals surface area (Å²) in [5.41, 5.74) is 1.69. The van der Waals surface area contributed by atoms with Crippen molar-refractivity contribution < 1.29 is 13.9 Å². The lowest BCUT2D eigenvalue weighted by Crippen LogP contribution is -2.43. The number of ether oxygens (including phenoxy) is 1. The topological polar surface area (TPSA) is 41.6 Å². The van der Waals surface area contributed by atoms with E-state index in [-0.39, 0.29) is 17.8 Å². The van der Waals surface area contributed by atoms with Gasteiger partial charge in [-0.2, -0.15) is 0 Å². The second-order valence-electron chi connectivity index (χ2n) is 6.12. The highest BCUT2D eigenvalue weighted by molar-refractivity contribution is 5.87. The fraction of sp³-hybridized carbons (Fsp3) is 0.500. The Bertz CT molecular complexity index is 556. The van der Waals surface area contributed by atoms with Crippen molar-refractivity contribution in [2.75, 3.05) is 26.2 Å². The number of allylic oxidation sites excluding steroid dienone is 1. The molecule has 23 heavy (non-hydrogen) atoms. The molecule has 1 fully saturated rings. The minimum absolute atomic E-state index is 0.0657. The lowest BCUT2D eigenvalue weighted by molar-refractivity contribution is -0.116. The average molecular weight is 320 g/mol. The number of rotatable bonds is 6. The molecule has 0 aromatic heterocycles. The molecular weight excluding hydrogens is 295 g/mol. The van der Waals surface area contributed by atoms with Crippen LogP contribution in [0.15, 0.2) is 35.9 Å². The lowest BCUT2D eigenvalue weighted by Gasteiger charge is -2.33. The summed E-state index contributed by atoms with van der Waals surface area (Å²) in [6, 6.07) is 6.87. The molecule has 0 bridgehead atoms. The summed E-state index contributed by atoms with van der Waals surface area (Å²) >= 11 is 0. The van der Waals surface area contributed by atoms with Crippen LogP contribution in [0, 0.1) is 5.82 Å². The van der Waals surface area contributed by atoms with E-state index in [1.54, 1.807) is 12.1 Å². The van der Waals surface area contributed by atoms with Crippen LogP contribution in [-0.4, -0.2) is 43.2 Å². The molecule has 5 heteroatoms. The van der Waals surface area contributed by atoms with E-state index in [4.69, 9.17) is 4.74 Å². The van der Waals surface area contributed by atoms with Gasteiger partial charge in [0.05, 0.1) is 12.7 Å². The number of carbonyl (C=O) groups is 1. The normalized spacial score (nSPS) is 18.5. The van der Waals surface area contributed by atoms with Crippen LogP contribution in [0.3, 0.4) is 0 Å². The highest BCUT2D eigenvalue weighted by Gasteiger charge is 2.21. The molecule has 4 nitrogen and oxygen atoms in total. The van der Waals surface area contributed by atoms with Crippen LogP contribution in [0.4, 0.5) is 4.39 Å². The van der Waals surface area contributed by atoms with Crippen LogP contribution in [0.25, 0.3) is 0 Å². The van der Waals surface area contributed by atoms with Gasteiger partial charge in [-0.05, 0) is 26.3 Å². The molecular formula is C18H25FN2O2.